The third kappa shape index (κ3) is 3.35. The van der Waals surface area contributed by atoms with Crippen molar-refractivity contribution in [2.45, 2.75) is 19.4 Å². The van der Waals surface area contributed by atoms with Crippen molar-refractivity contribution in [3.63, 3.8) is 0 Å². The van der Waals surface area contributed by atoms with Crippen LogP contribution in [-0.2, 0) is 4.79 Å². The molecule has 0 radical (unpaired) electrons. The molecule has 1 fully saturated rings. The molecule has 1 saturated carbocycles. The molecule has 2 aromatic heterocycles. The molecule has 1 atom stereocenters. The largest absolute Gasteiger partial charge is 0.340 e. The lowest BCUT2D eigenvalue weighted by Crippen LogP contribution is -2.29. The van der Waals surface area contributed by atoms with Crippen molar-refractivity contribution >= 4 is 23.0 Å². The molecule has 3 heterocycles. The van der Waals surface area contributed by atoms with Crippen LogP contribution < -0.4 is 5.32 Å². The maximum Gasteiger partial charge on any atom is 0.220 e. The molecule has 0 saturated heterocycles. The number of amides is 1. The molecule has 1 aliphatic heterocycles. The third-order valence-electron chi connectivity index (χ3n) is 5.20. The summed E-state index contributed by atoms with van der Waals surface area (Å²) in [5.41, 5.74) is 4.40. The van der Waals surface area contributed by atoms with Gasteiger partial charge in [-0.2, -0.15) is 0 Å². The van der Waals surface area contributed by atoms with Gasteiger partial charge in [0.15, 0.2) is 5.82 Å². The number of nitrogens with zero attached hydrogens (tertiary/aromatic N) is 4. The molecule has 1 N–H and O–H groups in total. The van der Waals surface area contributed by atoms with Gasteiger partial charge in [-0.15, -0.1) is 0 Å². The summed E-state index contributed by atoms with van der Waals surface area (Å²) in [7, 11) is 0. The Morgan fingerprint density at radius 2 is 2.10 bits per heavy atom. The second kappa shape index (κ2) is 6.77. The number of aromatic nitrogens is 3. The van der Waals surface area contributed by atoms with E-state index < -0.39 is 0 Å². The Kier molecular flexibility index (Phi) is 4.08. The van der Waals surface area contributed by atoms with Gasteiger partial charge in [-0.05, 0) is 42.3 Å². The molecular formula is C22H18FN5O. The van der Waals surface area contributed by atoms with Crippen molar-refractivity contribution < 1.29 is 9.18 Å². The number of hydrogen-bond acceptors (Lipinski definition) is 5. The fourth-order valence-electron chi connectivity index (χ4n) is 3.72. The summed E-state index contributed by atoms with van der Waals surface area (Å²) in [4.78, 5) is 27.3. The molecule has 0 spiro atoms. The van der Waals surface area contributed by atoms with Crippen molar-refractivity contribution in [1.29, 1.82) is 0 Å². The van der Waals surface area contributed by atoms with E-state index in [-0.39, 0.29) is 17.8 Å². The fourth-order valence-corrected chi connectivity index (χ4v) is 3.72. The van der Waals surface area contributed by atoms with Crippen molar-refractivity contribution in [2.24, 2.45) is 0 Å². The van der Waals surface area contributed by atoms with Gasteiger partial charge in [0.1, 0.15) is 11.6 Å². The maximum absolute atomic E-state index is 13.6. The van der Waals surface area contributed by atoms with E-state index in [1.54, 1.807) is 31.5 Å². The van der Waals surface area contributed by atoms with Gasteiger partial charge < -0.3 is 10.2 Å². The van der Waals surface area contributed by atoms with Gasteiger partial charge in [0.2, 0.25) is 5.91 Å². The van der Waals surface area contributed by atoms with E-state index in [0.29, 0.717) is 29.6 Å². The first-order valence-corrected chi connectivity index (χ1v) is 9.40. The summed E-state index contributed by atoms with van der Waals surface area (Å²) in [6.45, 7) is 2.11. The number of halogens is 1. The zero-order valence-electron chi connectivity index (χ0n) is 15.8. The molecule has 29 heavy (non-hydrogen) atoms. The lowest BCUT2D eigenvalue weighted by molar-refractivity contribution is -0.128. The molecule has 1 unspecified atom stereocenters. The van der Waals surface area contributed by atoms with Crippen LogP contribution in [-0.4, -0.2) is 38.3 Å². The maximum atomic E-state index is 13.6. The molecule has 1 aromatic carbocycles. The number of carbonyl (C=O) groups is 1. The van der Waals surface area contributed by atoms with E-state index in [2.05, 4.69) is 15.3 Å². The Morgan fingerprint density at radius 1 is 1.21 bits per heavy atom. The van der Waals surface area contributed by atoms with Gasteiger partial charge in [0.05, 0.1) is 18.3 Å². The van der Waals surface area contributed by atoms with Gasteiger partial charge in [0.25, 0.3) is 0 Å². The van der Waals surface area contributed by atoms with Crippen molar-refractivity contribution in [2.75, 3.05) is 11.9 Å². The van der Waals surface area contributed by atoms with Crippen molar-refractivity contribution in [1.82, 2.24) is 19.9 Å². The van der Waals surface area contributed by atoms with Gasteiger partial charge >= 0.3 is 0 Å². The molecule has 6 nitrogen and oxygen atoms in total. The highest BCUT2D eigenvalue weighted by atomic mass is 19.1. The van der Waals surface area contributed by atoms with Gasteiger partial charge in [-0.1, -0.05) is 6.07 Å². The van der Waals surface area contributed by atoms with Crippen LogP contribution in [0.15, 0.2) is 60.4 Å². The number of fused-ring (bicyclic) bond motifs is 1. The van der Waals surface area contributed by atoms with E-state index in [9.17, 15) is 9.18 Å². The van der Waals surface area contributed by atoms with Crippen LogP contribution in [0.25, 0.3) is 16.8 Å². The molecule has 2 aliphatic rings. The Balaban J connectivity index is 1.56. The average molecular weight is 387 g/mol. The molecule has 144 valence electrons. The summed E-state index contributed by atoms with van der Waals surface area (Å²) >= 11 is 0. The van der Waals surface area contributed by atoms with E-state index in [0.717, 1.165) is 17.6 Å². The predicted molar refractivity (Wildman–Crippen MR) is 108 cm³/mol. The van der Waals surface area contributed by atoms with E-state index in [1.165, 1.54) is 17.7 Å². The molecule has 7 heteroatoms. The minimum absolute atomic E-state index is 0.0570. The topological polar surface area (TPSA) is 71.0 Å². The average Bonchev–Trinajstić information content (AvgIpc) is 3.40. The first-order valence-electron chi connectivity index (χ1n) is 9.40. The summed E-state index contributed by atoms with van der Waals surface area (Å²) in [6, 6.07) is 12.0. The number of hydrogen-bond donors (Lipinski definition) is 1. The normalized spacial score (nSPS) is 17.3. The zero-order valence-corrected chi connectivity index (χ0v) is 15.8. The summed E-state index contributed by atoms with van der Waals surface area (Å²) in [5, 5.41) is 3.17. The van der Waals surface area contributed by atoms with Crippen LogP contribution >= 0.6 is 0 Å². The zero-order chi connectivity index (χ0) is 20.0. The smallest absolute Gasteiger partial charge is 0.220 e. The minimum Gasteiger partial charge on any atom is -0.340 e. The van der Waals surface area contributed by atoms with Crippen LogP contribution in [0.3, 0.4) is 0 Å². The predicted octanol–water partition coefficient (Wildman–Crippen LogP) is 3.81. The quantitative estimate of drug-likeness (QED) is 0.737. The monoisotopic (exact) mass is 387 g/mol. The first-order chi connectivity index (χ1) is 14.1. The Hall–Kier alpha value is -3.61. The van der Waals surface area contributed by atoms with Crippen molar-refractivity contribution in [3.05, 3.63) is 72.1 Å². The number of carbonyl (C=O) groups excluding carboxylic acids is 1. The Morgan fingerprint density at radius 3 is 2.83 bits per heavy atom. The minimum atomic E-state index is -0.324. The lowest BCUT2D eigenvalue weighted by atomic mass is 10.1. The highest BCUT2D eigenvalue weighted by Gasteiger charge is 2.46. The number of anilines is 2. The lowest BCUT2D eigenvalue weighted by Gasteiger charge is -2.17. The number of pyridine rings is 1. The summed E-state index contributed by atoms with van der Waals surface area (Å²) in [5.74, 6) is 0.884. The van der Waals surface area contributed by atoms with Crippen LogP contribution in [0.1, 0.15) is 19.2 Å². The first kappa shape index (κ1) is 17.5. The highest BCUT2D eigenvalue weighted by molar-refractivity contribution is 5.85. The van der Waals surface area contributed by atoms with E-state index in [1.807, 2.05) is 23.1 Å². The number of rotatable bonds is 4. The van der Waals surface area contributed by atoms with Gasteiger partial charge in [-0.3, -0.25) is 9.78 Å². The van der Waals surface area contributed by atoms with Crippen LogP contribution in [0.4, 0.5) is 15.9 Å². The molecule has 0 bridgehead atoms. The van der Waals surface area contributed by atoms with Crippen molar-refractivity contribution in [3.8, 4) is 11.3 Å². The third-order valence-corrected chi connectivity index (χ3v) is 5.20. The molecule has 1 amide bonds. The second-order valence-electron chi connectivity index (χ2n) is 7.21. The molecular weight excluding hydrogens is 369 g/mol. The standard InChI is InChI=1S/C22H18FN5O/c1-13(29)28-12-18(17-9-20(17)28)22-26-19(14-4-3-7-24-11-14)10-21(27-22)25-16-6-2-5-15(23)8-16/h2-8,10-11,20H,9,12H2,1H3,(H,25,26,27). The van der Waals surface area contributed by atoms with E-state index in [4.69, 9.17) is 4.98 Å². The SMILES string of the molecule is CC(=O)N1CC(c2nc(Nc3cccc(F)c3)cc(-c3cccnc3)n2)=C2CC21. The Labute approximate surface area is 167 Å². The van der Waals surface area contributed by atoms with Crippen LogP contribution in [0.5, 0.6) is 0 Å². The van der Waals surface area contributed by atoms with E-state index >= 15 is 0 Å². The second-order valence-corrected chi connectivity index (χ2v) is 7.21. The Bertz CT molecular complexity index is 1140. The number of nitrogens with one attached hydrogen (secondary N) is 1. The highest BCUT2D eigenvalue weighted by Crippen LogP contribution is 2.47. The fraction of sp³-hybridized carbons (Fsp3) is 0.182. The van der Waals surface area contributed by atoms with Gasteiger partial charge in [0, 0.05) is 42.2 Å². The van der Waals surface area contributed by atoms with Crippen LogP contribution in [0, 0.1) is 5.82 Å². The van der Waals surface area contributed by atoms with Gasteiger partial charge in [-0.25, -0.2) is 14.4 Å². The number of benzene rings is 1. The molecule has 1 aliphatic carbocycles. The van der Waals surface area contributed by atoms with Crippen LogP contribution in [0.2, 0.25) is 0 Å². The molecule has 5 rings (SSSR count). The summed E-state index contributed by atoms with van der Waals surface area (Å²) < 4.78 is 13.6. The molecule has 3 aromatic rings. The summed E-state index contributed by atoms with van der Waals surface area (Å²) in [6.07, 6.45) is 4.33.